The van der Waals surface area contributed by atoms with Crippen molar-refractivity contribution in [2.75, 3.05) is 18.5 Å². The van der Waals surface area contributed by atoms with E-state index in [2.05, 4.69) is 24.1 Å². The van der Waals surface area contributed by atoms with Gasteiger partial charge < -0.3 is 9.64 Å². The Hall–Kier alpha value is -1.96. The molecular weight excluding hydrogens is 210 g/mol. The van der Waals surface area contributed by atoms with Gasteiger partial charge in [0, 0.05) is 19.3 Å². The van der Waals surface area contributed by atoms with Gasteiger partial charge in [0.2, 0.25) is 0 Å². The van der Waals surface area contributed by atoms with E-state index >= 15 is 0 Å². The number of benzene rings is 2. The maximum Gasteiger partial charge on any atom is 0.127 e. The molecule has 3 rings (SSSR count). The number of para-hydroxylation sites is 1. The van der Waals surface area contributed by atoms with Crippen LogP contribution in [-0.2, 0) is 6.42 Å². The van der Waals surface area contributed by atoms with E-state index < -0.39 is 0 Å². The number of hydrogen-bond acceptors (Lipinski definition) is 2. The summed E-state index contributed by atoms with van der Waals surface area (Å²) in [6, 6.07) is 16.2. The summed E-state index contributed by atoms with van der Waals surface area (Å²) in [6.07, 6.45) is 1.11. The molecule has 0 unspecified atom stereocenters. The van der Waals surface area contributed by atoms with Crippen molar-refractivity contribution >= 4 is 5.69 Å². The smallest absolute Gasteiger partial charge is 0.127 e. The molecule has 0 amide bonds. The molecule has 2 aromatic carbocycles. The van der Waals surface area contributed by atoms with Crippen molar-refractivity contribution in [2.45, 2.75) is 6.42 Å². The first-order chi connectivity index (χ1) is 8.33. The first-order valence-corrected chi connectivity index (χ1v) is 5.90. The van der Waals surface area contributed by atoms with E-state index in [9.17, 15) is 0 Å². The predicted octanol–water partition coefficient (Wildman–Crippen LogP) is 3.47. The van der Waals surface area contributed by atoms with Gasteiger partial charge in [-0.3, -0.25) is 0 Å². The molecule has 0 N–H and O–H groups in total. The number of nitrogens with zero attached hydrogens (tertiary/aromatic N) is 1. The van der Waals surface area contributed by atoms with Gasteiger partial charge in [-0.05, 0) is 42.3 Å². The standard InChI is InChI=1S/C15H15NO/c1-16-10-9-12-11-14(7-8-15(12)16)17-13-5-3-2-4-6-13/h2-8,11H,9-10H2,1H3. The molecule has 0 spiro atoms. The van der Waals surface area contributed by atoms with E-state index in [4.69, 9.17) is 4.74 Å². The van der Waals surface area contributed by atoms with Gasteiger partial charge in [0.1, 0.15) is 11.5 Å². The van der Waals surface area contributed by atoms with Crippen LogP contribution in [0.5, 0.6) is 11.5 Å². The lowest BCUT2D eigenvalue weighted by Crippen LogP contribution is -2.12. The minimum absolute atomic E-state index is 0.888. The van der Waals surface area contributed by atoms with Crippen molar-refractivity contribution < 1.29 is 4.74 Å². The second kappa shape index (κ2) is 4.13. The Morgan fingerprint density at radius 1 is 1.00 bits per heavy atom. The second-order valence-electron chi connectivity index (χ2n) is 4.38. The van der Waals surface area contributed by atoms with Gasteiger partial charge in [-0.1, -0.05) is 18.2 Å². The summed E-state index contributed by atoms with van der Waals surface area (Å²) in [4.78, 5) is 2.28. The summed E-state index contributed by atoms with van der Waals surface area (Å²) in [5.41, 5.74) is 2.70. The second-order valence-corrected chi connectivity index (χ2v) is 4.38. The molecule has 2 heteroatoms. The molecule has 0 atom stereocenters. The Morgan fingerprint density at radius 3 is 2.65 bits per heavy atom. The van der Waals surface area contributed by atoms with Crippen LogP contribution in [0.15, 0.2) is 48.5 Å². The summed E-state index contributed by atoms with van der Waals surface area (Å²) in [6.45, 7) is 1.10. The molecule has 0 saturated carbocycles. The van der Waals surface area contributed by atoms with Crippen LogP contribution in [0, 0.1) is 0 Å². The Labute approximate surface area is 101 Å². The fourth-order valence-electron chi connectivity index (χ4n) is 2.23. The first-order valence-electron chi connectivity index (χ1n) is 5.90. The lowest BCUT2D eigenvalue weighted by atomic mass is 10.1. The van der Waals surface area contributed by atoms with E-state index in [1.54, 1.807) is 0 Å². The maximum atomic E-state index is 5.82. The summed E-state index contributed by atoms with van der Waals surface area (Å²) < 4.78 is 5.82. The Morgan fingerprint density at radius 2 is 1.82 bits per heavy atom. The van der Waals surface area contributed by atoms with Crippen LogP contribution in [0.25, 0.3) is 0 Å². The number of hydrogen-bond donors (Lipinski definition) is 0. The average molecular weight is 225 g/mol. The largest absolute Gasteiger partial charge is 0.457 e. The summed E-state index contributed by atoms with van der Waals surface area (Å²) >= 11 is 0. The number of likely N-dealkylation sites (N-methyl/N-ethyl adjacent to an activating group) is 1. The highest BCUT2D eigenvalue weighted by molar-refractivity contribution is 5.59. The van der Waals surface area contributed by atoms with Gasteiger partial charge in [0.25, 0.3) is 0 Å². The normalized spacial score (nSPS) is 13.6. The zero-order valence-corrected chi connectivity index (χ0v) is 9.89. The van der Waals surface area contributed by atoms with Gasteiger partial charge in [0.15, 0.2) is 0 Å². The Bertz CT molecular complexity index is 522. The van der Waals surface area contributed by atoms with Gasteiger partial charge in [0.05, 0.1) is 0 Å². The molecule has 0 aromatic heterocycles. The van der Waals surface area contributed by atoms with Crippen LogP contribution in [0.2, 0.25) is 0 Å². The maximum absolute atomic E-state index is 5.82. The topological polar surface area (TPSA) is 12.5 Å². The Kier molecular flexibility index (Phi) is 2.48. The molecule has 0 fully saturated rings. The zero-order valence-electron chi connectivity index (χ0n) is 9.89. The molecule has 2 nitrogen and oxygen atoms in total. The minimum Gasteiger partial charge on any atom is -0.457 e. The monoisotopic (exact) mass is 225 g/mol. The highest BCUT2D eigenvalue weighted by atomic mass is 16.5. The van der Waals surface area contributed by atoms with Crippen LogP contribution < -0.4 is 9.64 Å². The average Bonchev–Trinajstić information content (AvgIpc) is 2.72. The highest BCUT2D eigenvalue weighted by Gasteiger charge is 2.15. The molecule has 0 bridgehead atoms. The van der Waals surface area contributed by atoms with Gasteiger partial charge >= 0.3 is 0 Å². The van der Waals surface area contributed by atoms with Gasteiger partial charge in [-0.25, -0.2) is 0 Å². The molecule has 2 aromatic rings. The molecule has 0 aliphatic carbocycles. The van der Waals surface area contributed by atoms with Crippen LogP contribution in [0.4, 0.5) is 5.69 Å². The predicted molar refractivity (Wildman–Crippen MR) is 69.9 cm³/mol. The highest BCUT2D eigenvalue weighted by Crippen LogP contribution is 2.31. The third-order valence-corrected chi connectivity index (χ3v) is 3.16. The third kappa shape index (κ3) is 1.98. The fourth-order valence-corrected chi connectivity index (χ4v) is 2.23. The number of ether oxygens (including phenoxy) is 1. The van der Waals surface area contributed by atoms with Crippen LogP contribution in [0.1, 0.15) is 5.56 Å². The minimum atomic E-state index is 0.888. The van der Waals surface area contributed by atoms with Crippen molar-refractivity contribution in [1.29, 1.82) is 0 Å². The fraction of sp³-hybridized carbons (Fsp3) is 0.200. The summed E-state index contributed by atoms with van der Waals surface area (Å²) in [5, 5.41) is 0. The molecule has 17 heavy (non-hydrogen) atoms. The molecule has 0 saturated heterocycles. The Balaban J connectivity index is 1.86. The van der Waals surface area contributed by atoms with Crippen molar-refractivity contribution in [1.82, 2.24) is 0 Å². The molecule has 1 aliphatic rings. The van der Waals surface area contributed by atoms with E-state index in [1.165, 1.54) is 11.3 Å². The number of anilines is 1. The van der Waals surface area contributed by atoms with Gasteiger partial charge in [-0.2, -0.15) is 0 Å². The van der Waals surface area contributed by atoms with E-state index in [1.807, 2.05) is 36.4 Å². The van der Waals surface area contributed by atoms with Crippen molar-refractivity contribution in [3.63, 3.8) is 0 Å². The molecule has 1 aliphatic heterocycles. The molecule has 0 radical (unpaired) electrons. The van der Waals surface area contributed by atoms with Crippen molar-refractivity contribution in [3.8, 4) is 11.5 Å². The molecular formula is C15H15NO. The number of fused-ring (bicyclic) bond motifs is 1. The quantitative estimate of drug-likeness (QED) is 0.776. The van der Waals surface area contributed by atoms with Gasteiger partial charge in [-0.15, -0.1) is 0 Å². The summed E-state index contributed by atoms with van der Waals surface area (Å²) in [5.74, 6) is 1.81. The lowest BCUT2D eigenvalue weighted by Gasteiger charge is -2.12. The number of rotatable bonds is 2. The van der Waals surface area contributed by atoms with E-state index in [0.29, 0.717) is 0 Å². The third-order valence-electron chi connectivity index (χ3n) is 3.16. The van der Waals surface area contributed by atoms with Crippen LogP contribution in [0.3, 0.4) is 0 Å². The van der Waals surface area contributed by atoms with E-state index in [-0.39, 0.29) is 0 Å². The van der Waals surface area contributed by atoms with E-state index in [0.717, 1.165) is 24.5 Å². The van der Waals surface area contributed by atoms with Crippen LogP contribution in [-0.4, -0.2) is 13.6 Å². The molecule has 1 heterocycles. The van der Waals surface area contributed by atoms with Crippen LogP contribution >= 0.6 is 0 Å². The van der Waals surface area contributed by atoms with Crippen molar-refractivity contribution in [2.24, 2.45) is 0 Å². The van der Waals surface area contributed by atoms with Crippen molar-refractivity contribution in [3.05, 3.63) is 54.1 Å². The SMILES string of the molecule is CN1CCc2cc(Oc3ccccc3)ccc21. The summed E-state index contributed by atoms with van der Waals surface area (Å²) in [7, 11) is 2.13. The lowest BCUT2D eigenvalue weighted by molar-refractivity contribution is 0.482. The zero-order chi connectivity index (χ0) is 11.7. The first kappa shape index (κ1) is 10.2. The molecule has 86 valence electrons.